The molecule has 0 saturated carbocycles. The molecule has 1 amide bonds. The highest BCUT2D eigenvalue weighted by atomic mass is 32.1. The molecule has 1 atom stereocenters. The Labute approximate surface area is 111 Å². The molecule has 1 aromatic heterocycles. The van der Waals surface area contributed by atoms with Gasteiger partial charge in [-0.15, -0.1) is 10.2 Å². The van der Waals surface area contributed by atoms with E-state index in [1.807, 2.05) is 0 Å². The summed E-state index contributed by atoms with van der Waals surface area (Å²) < 4.78 is 0. The lowest BCUT2D eigenvalue weighted by Crippen LogP contribution is -2.24. The van der Waals surface area contributed by atoms with E-state index in [9.17, 15) is 4.79 Å². The summed E-state index contributed by atoms with van der Waals surface area (Å²) in [6.45, 7) is 4.89. The molecule has 1 aliphatic rings. The van der Waals surface area contributed by atoms with E-state index in [1.54, 1.807) is 4.90 Å². The number of hydrogen-bond acceptors (Lipinski definition) is 5. The molecule has 1 aliphatic heterocycles. The smallest absolute Gasteiger partial charge is 0.229 e. The highest BCUT2D eigenvalue weighted by molar-refractivity contribution is 7.15. The fraction of sp³-hybridized carbons (Fsp3) is 0.750. The van der Waals surface area contributed by atoms with Crippen molar-refractivity contribution in [2.24, 2.45) is 5.92 Å². The number of aromatic nitrogens is 2. The first-order valence-corrected chi connectivity index (χ1v) is 7.25. The first-order chi connectivity index (χ1) is 8.69. The van der Waals surface area contributed by atoms with Crippen LogP contribution in [0.25, 0.3) is 0 Å². The van der Waals surface area contributed by atoms with E-state index in [-0.39, 0.29) is 18.4 Å². The SMILES string of the molecule is CCC(CC)c1nnc(N2CC(CO)CC2=O)s1. The summed E-state index contributed by atoms with van der Waals surface area (Å²) in [6.07, 6.45) is 2.49. The van der Waals surface area contributed by atoms with Crippen LogP contribution in [-0.2, 0) is 4.79 Å². The van der Waals surface area contributed by atoms with Gasteiger partial charge >= 0.3 is 0 Å². The first kappa shape index (κ1) is 13.4. The number of amides is 1. The van der Waals surface area contributed by atoms with Crippen LogP contribution in [0.15, 0.2) is 0 Å². The Morgan fingerprint density at radius 2 is 2.17 bits per heavy atom. The highest BCUT2D eigenvalue weighted by Crippen LogP contribution is 2.32. The third kappa shape index (κ3) is 2.54. The van der Waals surface area contributed by atoms with E-state index >= 15 is 0 Å². The highest BCUT2D eigenvalue weighted by Gasteiger charge is 2.32. The maximum absolute atomic E-state index is 11.8. The Hall–Kier alpha value is -1.01. The van der Waals surface area contributed by atoms with E-state index < -0.39 is 0 Å². The molecular formula is C12H19N3O2S. The standard InChI is InChI=1S/C12H19N3O2S/c1-3-9(4-2)11-13-14-12(18-11)15-6-8(7-16)5-10(15)17/h8-9,16H,3-7H2,1-2H3. The number of aliphatic hydroxyl groups excluding tert-OH is 1. The molecular weight excluding hydrogens is 250 g/mol. The molecule has 2 rings (SSSR count). The number of carbonyl (C=O) groups excluding carboxylic acids is 1. The number of anilines is 1. The summed E-state index contributed by atoms with van der Waals surface area (Å²) in [5.74, 6) is 0.516. The van der Waals surface area contributed by atoms with Crippen LogP contribution in [-0.4, -0.2) is 34.4 Å². The molecule has 2 heterocycles. The predicted octanol–water partition coefficient (Wildman–Crippen LogP) is 1.79. The van der Waals surface area contributed by atoms with Crippen molar-refractivity contribution in [3.8, 4) is 0 Å². The first-order valence-electron chi connectivity index (χ1n) is 6.44. The lowest BCUT2D eigenvalue weighted by molar-refractivity contribution is -0.117. The number of hydrogen-bond donors (Lipinski definition) is 1. The van der Waals surface area contributed by atoms with Gasteiger partial charge in [0.05, 0.1) is 0 Å². The average molecular weight is 269 g/mol. The Morgan fingerprint density at radius 3 is 2.72 bits per heavy atom. The van der Waals surface area contributed by atoms with Gasteiger partial charge in [-0.05, 0) is 12.8 Å². The minimum atomic E-state index is 0.0398. The maximum atomic E-state index is 11.8. The summed E-state index contributed by atoms with van der Waals surface area (Å²) in [7, 11) is 0. The molecule has 1 fully saturated rings. The Kier molecular flexibility index (Phi) is 4.29. The quantitative estimate of drug-likeness (QED) is 0.885. The molecule has 6 heteroatoms. The summed E-state index contributed by atoms with van der Waals surface area (Å²) in [6, 6.07) is 0. The molecule has 1 N–H and O–H groups in total. The Bertz CT molecular complexity index is 417. The molecule has 0 radical (unpaired) electrons. The van der Waals surface area contributed by atoms with Gasteiger partial charge in [-0.25, -0.2) is 0 Å². The average Bonchev–Trinajstić information content (AvgIpc) is 2.97. The lowest BCUT2D eigenvalue weighted by atomic mass is 10.1. The summed E-state index contributed by atoms with van der Waals surface area (Å²) in [5.41, 5.74) is 0. The van der Waals surface area contributed by atoms with E-state index in [1.165, 1.54) is 11.3 Å². The van der Waals surface area contributed by atoms with Crippen LogP contribution in [0.2, 0.25) is 0 Å². The van der Waals surface area contributed by atoms with E-state index in [0.29, 0.717) is 24.0 Å². The largest absolute Gasteiger partial charge is 0.396 e. The van der Waals surface area contributed by atoms with Gasteiger partial charge in [-0.1, -0.05) is 25.2 Å². The molecule has 1 unspecified atom stereocenters. The van der Waals surface area contributed by atoms with Crippen molar-refractivity contribution in [1.82, 2.24) is 10.2 Å². The van der Waals surface area contributed by atoms with Crippen molar-refractivity contribution < 1.29 is 9.90 Å². The van der Waals surface area contributed by atoms with Crippen molar-refractivity contribution in [3.05, 3.63) is 5.01 Å². The second kappa shape index (κ2) is 5.75. The van der Waals surface area contributed by atoms with Crippen LogP contribution in [0, 0.1) is 5.92 Å². The third-order valence-corrected chi connectivity index (χ3v) is 4.57. The summed E-state index contributed by atoms with van der Waals surface area (Å²) >= 11 is 1.50. The second-order valence-corrected chi connectivity index (χ2v) is 5.68. The van der Waals surface area contributed by atoms with Gasteiger partial charge in [0.15, 0.2) is 0 Å². The van der Waals surface area contributed by atoms with Crippen LogP contribution < -0.4 is 4.90 Å². The molecule has 18 heavy (non-hydrogen) atoms. The fourth-order valence-corrected chi connectivity index (χ4v) is 3.36. The minimum absolute atomic E-state index is 0.0398. The minimum Gasteiger partial charge on any atom is -0.396 e. The Morgan fingerprint density at radius 1 is 1.44 bits per heavy atom. The van der Waals surface area contributed by atoms with Crippen LogP contribution >= 0.6 is 11.3 Å². The molecule has 100 valence electrons. The van der Waals surface area contributed by atoms with Gasteiger partial charge < -0.3 is 5.11 Å². The van der Waals surface area contributed by atoms with Crippen molar-refractivity contribution >= 4 is 22.4 Å². The molecule has 5 nitrogen and oxygen atoms in total. The number of nitrogens with zero attached hydrogens (tertiary/aromatic N) is 3. The zero-order valence-electron chi connectivity index (χ0n) is 10.8. The van der Waals surface area contributed by atoms with Gasteiger partial charge in [0.25, 0.3) is 0 Å². The zero-order valence-corrected chi connectivity index (χ0v) is 11.6. The normalized spacial score (nSPS) is 20.1. The monoisotopic (exact) mass is 269 g/mol. The van der Waals surface area contributed by atoms with Crippen molar-refractivity contribution in [2.45, 2.75) is 39.0 Å². The molecule has 0 bridgehead atoms. The second-order valence-electron chi connectivity index (χ2n) is 4.69. The van der Waals surface area contributed by atoms with Gasteiger partial charge in [0, 0.05) is 31.4 Å². The molecule has 1 saturated heterocycles. The van der Waals surface area contributed by atoms with Crippen molar-refractivity contribution in [1.29, 1.82) is 0 Å². The number of carbonyl (C=O) groups is 1. The van der Waals surface area contributed by atoms with Gasteiger partial charge in [0.1, 0.15) is 5.01 Å². The zero-order chi connectivity index (χ0) is 13.1. The summed E-state index contributed by atoms with van der Waals surface area (Å²) in [5, 5.41) is 19.1. The number of aliphatic hydroxyl groups is 1. The molecule has 0 spiro atoms. The number of rotatable bonds is 5. The van der Waals surface area contributed by atoms with Crippen LogP contribution in [0.1, 0.15) is 44.0 Å². The molecule has 0 aromatic carbocycles. The Balaban J connectivity index is 2.13. The van der Waals surface area contributed by atoms with E-state index in [4.69, 9.17) is 5.11 Å². The maximum Gasteiger partial charge on any atom is 0.229 e. The predicted molar refractivity (Wildman–Crippen MR) is 70.8 cm³/mol. The van der Waals surface area contributed by atoms with E-state index in [0.717, 1.165) is 17.8 Å². The topological polar surface area (TPSA) is 66.3 Å². The summed E-state index contributed by atoms with van der Waals surface area (Å²) in [4.78, 5) is 13.5. The van der Waals surface area contributed by atoms with Crippen molar-refractivity contribution in [2.75, 3.05) is 18.1 Å². The van der Waals surface area contributed by atoms with E-state index in [2.05, 4.69) is 24.0 Å². The van der Waals surface area contributed by atoms with Crippen LogP contribution in [0.5, 0.6) is 0 Å². The van der Waals surface area contributed by atoms with Gasteiger partial charge in [-0.2, -0.15) is 0 Å². The fourth-order valence-electron chi connectivity index (χ4n) is 2.23. The third-order valence-electron chi connectivity index (χ3n) is 3.46. The van der Waals surface area contributed by atoms with Gasteiger partial charge in [0.2, 0.25) is 11.0 Å². The van der Waals surface area contributed by atoms with Crippen LogP contribution in [0.4, 0.5) is 5.13 Å². The van der Waals surface area contributed by atoms with Crippen LogP contribution in [0.3, 0.4) is 0 Å². The van der Waals surface area contributed by atoms with Gasteiger partial charge in [-0.3, -0.25) is 9.69 Å². The molecule has 1 aromatic rings. The lowest BCUT2D eigenvalue weighted by Gasteiger charge is -2.11. The van der Waals surface area contributed by atoms with Crippen molar-refractivity contribution in [3.63, 3.8) is 0 Å². The molecule has 0 aliphatic carbocycles.